The van der Waals surface area contributed by atoms with Crippen molar-refractivity contribution in [2.24, 2.45) is 5.41 Å². The van der Waals surface area contributed by atoms with Crippen LogP contribution in [0.25, 0.3) is 0 Å². The van der Waals surface area contributed by atoms with Crippen molar-refractivity contribution in [2.75, 3.05) is 6.54 Å². The molecule has 4 rings (SSSR count). The van der Waals surface area contributed by atoms with E-state index in [4.69, 9.17) is 0 Å². The molecule has 3 heteroatoms. The summed E-state index contributed by atoms with van der Waals surface area (Å²) in [5.41, 5.74) is 2.55. The minimum absolute atomic E-state index is 0.101. The van der Waals surface area contributed by atoms with Gasteiger partial charge in [0.1, 0.15) is 0 Å². The average molecular weight is 270 g/mol. The van der Waals surface area contributed by atoms with Crippen LogP contribution >= 0.6 is 0 Å². The molecule has 1 saturated carbocycles. The van der Waals surface area contributed by atoms with Crippen LogP contribution in [-0.4, -0.2) is 23.4 Å². The minimum atomic E-state index is -0.101. The molecule has 1 aliphatic carbocycles. The van der Waals surface area contributed by atoms with E-state index < -0.39 is 0 Å². The number of rotatable bonds is 1. The zero-order chi connectivity index (χ0) is 13.7. The normalized spacial score (nSPS) is 35.1. The largest absolute Gasteiger partial charge is 0.331 e. The highest BCUT2D eigenvalue weighted by Gasteiger charge is 2.54. The van der Waals surface area contributed by atoms with Crippen LogP contribution in [0.15, 0.2) is 24.3 Å². The van der Waals surface area contributed by atoms with Crippen molar-refractivity contribution < 1.29 is 4.79 Å². The second kappa shape index (κ2) is 4.32. The first-order valence-corrected chi connectivity index (χ1v) is 7.85. The Morgan fingerprint density at radius 3 is 3.05 bits per heavy atom. The number of amides is 1. The lowest BCUT2D eigenvalue weighted by molar-refractivity contribution is -0.144. The molecule has 2 fully saturated rings. The summed E-state index contributed by atoms with van der Waals surface area (Å²) in [5, 5.41) is 3.55. The summed E-state index contributed by atoms with van der Waals surface area (Å²) in [7, 11) is 0. The van der Waals surface area contributed by atoms with E-state index in [1.807, 2.05) is 0 Å². The molecule has 106 valence electrons. The van der Waals surface area contributed by atoms with Crippen LogP contribution in [0.3, 0.4) is 0 Å². The highest BCUT2D eigenvalue weighted by atomic mass is 16.2. The number of nitrogens with one attached hydrogen (secondary N) is 1. The number of hydrogen-bond donors (Lipinski definition) is 1. The third-order valence-electron chi connectivity index (χ3n) is 5.74. The van der Waals surface area contributed by atoms with Crippen molar-refractivity contribution in [3.63, 3.8) is 0 Å². The summed E-state index contributed by atoms with van der Waals surface area (Å²) in [4.78, 5) is 15.3. The van der Waals surface area contributed by atoms with E-state index >= 15 is 0 Å². The van der Waals surface area contributed by atoms with Gasteiger partial charge in [-0.15, -0.1) is 0 Å². The minimum Gasteiger partial charge on any atom is -0.331 e. The molecule has 0 radical (unpaired) electrons. The van der Waals surface area contributed by atoms with Crippen LogP contribution in [0.4, 0.5) is 0 Å². The molecule has 20 heavy (non-hydrogen) atoms. The molecule has 0 bridgehead atoms. The van der Waals surface area contributed by atoms with E-state index in [0.717, 1.165) is 25.9 Å². The first kappa shape index (κ1) is 12.4. The lowest BCUT2D eigenvalue weighted by Gasteiger charge is -2.34. The van der Waals surface area contributed by atoms with Gasteiger partial charge in [-0.3, -0.25) is 4.79 Å². The van der Waals surface area contributed by atoms with Gasteiger partial charge in [-0.05, 0) is 43.9 Å². The molecule has 1 unspecified atom stereocenters. The number of benzene rings is 1. The van der Waals surface area contributed by atoms with E-state index in [-0.39, 0.29) is 11.5 Å². The van der Waals surface area contributed by atoms with Gasteiger partial charge in [0.2, 0.25) is 5.91 Å². The van der Waals surface area contributed by atoms with Gasteiger partial charge in [0.15, 0.2) is 0 Å². The Hall–Kier alpha value is -1.35. The van der Waals surface area contributed by atoms with Crippen LogP contribution in [-0.2, 0) is 11.3 Å². The maximum Gasteiger partial charge on any atom is 0.231 e. The zero-order valence-corrected chi connectivity index (χ0v) is 12.1. The Kier molecular flexibility index (Phi) is 2.68. The number of hydrogen-bond acceptors (Lipinski definition) is 2. The molecular weight excluding hydrogens is 248 g/mol. The molecule has 0 spiro atoms. The molecule has 3 atom stereocenters. The highest BCUT2D eigenvalue weighted by molar-refractivity contribution is 5.85. The van der Waals surface area contributed by atoms with Gasteiger partial charge >= 0.3 is 0 Å². The second-order valence-corrected chi connectivity index (χ2v) is 6.61. The Balaban J connectivity index is 1.65. The monoisotopic (exact) mass is 270 g/mol. The molecule has 2 aliphatic heterocycles. The topological polar surface area (TPSA) is 32.3 Å². The number of carbonyl (C=O) groups is 1. The smallest absolute Gasteiger partial charge is 0.231 e. The Bertz CT molecular complexity index is 544. The molecular formula is C17H22N2O. The maximum absolute atomic E-state index is 13.2. The standard InChI is InChI=1S/C17H22N2O/c1-12-14-6-3-2-5-13(14)11-19(12)16(20)17-8-4-7-15(17)18-10-9-17/h2-3,5-6,12,15,18H,4,7-11H2,1H3/t12?,15-,17+/m1/s1. The fraction of sp³-hybridized carbons (Fsp3) is 0.588. The van der Waals surface area contributed by atoms with E-state index in [2.05, 4.69) is 41.4 Å². The first-order chi connectivity index (χ1) is 9.72. The van der Waals surface area contributed by atoms with Crippen molar-refractivity contribution in [3.05, 3.63) is 35.4 Å². The van der Waals surface area contributed by atoms with Crippen molar-refractivity contribution in [1.82, 2.24) is 10.2 Å². The van der Waals surface area contributed by atoms with Gasteiger partial charge in [-0.2, -0.15) is 0 Å². The third kappa shape index (κ3) is 1.53. The average Bonchev–Trinajstić information content (AvgIpc) is 3.11. The first-order valence-electron chi connectivity index (χ1n) is 7.85. The molecule has 1 amide bonds. The summed E-state index contributed by atoms with van der Waals surface area (Å²) in [6, 6.07) is 9.14. The van der Waals surface area contributed by atoms with Gasteiger partial charge in [0, 0.05) is 12.6 Å². The van der Waals surface area contributed by atoms with Crippen LogP contribution in [0.5, 0.6) is 0 Å². The van der Waals surface area contributed by atoms with E-state index in [9.17, 15) is 4.79 Å². The maximum atomic E-state index is 13.2. The van der Waals surface area contributed by atoms with E-state index in [1.165, 1.54) is 24.0 Å². The lowest BCUT2D eigenvalue weighted by atomic mass is 9.80. The van der Waals surface area contributed by atoms with Crippen LogP contribution in [0.2, 0.25) is 0 Å². The van der Waals surface area contributed by atoms with Gasteiger partial charge in [0.05, 0.1) is 11.5 Å². The van der Waals surface area contributed by atoms with Gasteiger partial charge in [-0.25, -0.2) is 0 Å². The van der Waals surface area contributed by atoms with Crippen molar-refractivity contribution in [2.45, 2.75) is 51.2 Å². The predicted octanol–water partition coefficient (Wildman–Crippen LogP) is 2.62. The summed E-state index contributed by atoms with van der Waals surface area (Å²) in [5.74, 6) is 0.397. The summed E-state index contributed by atoms with van der Waals surface area (Å²) < 4.78 is 0. The van der Waals surface area contributed by atoms with Crippen LogP contribution < -0.4 is 5.32 Å². The summed E-state index contributed by atoms with van der Waals surface area (Å²) >= 11 is 0. The fourth-order valence-corrected chi connectivity index (χ4v) is 4.61. The highest BCUT2D eigenvalue weighted by Crippen LogP contribution is 2.48. The van der Waals surface area contributed by atoms with E-state index in [1.54, 1.807) is 0 Å². The Labute approximate surface area is 120 Å². The number of nitrogens with zero attached hydrogens (tertiary/aromatic N) is 1. The Morgan fingerprint density at radius 1 is 1.35 bits per heavy atom. The lowest BCUT2D eigenvalue weighted by Crippen LogP contribution is -2.46. The van der Waals surface area contributed by atoms with Gasteiger partial charge in [-0.1, -0.05) is 30.7 Å². The molecule has 1 saturated heterocycles. The third-order valence-corrected chi connectivity index (χ3v) is 5.74. The predicted molar refractivity (Wildman–Crippen MR) is 78.1 cm³/mol. The summed E-state index contributed by atoms with van der Waals surface area (Å²) in [6.45, 7) is 3.98. The molecule has 1 aromatic carbocycles. The number of fused-ring (bicyclic) bond motifs is 2. The van der Waals surface area contributed by atoms with Gasteiger partial charge < -0.3 is 10.2 Å². The van der Waals surface area contributed by atoms with Crippen LogP contribution in [0.1, 0.15) is 49.8 Å². The molecule has 2 heterocycles. The Morgan fingerprint density at radius 2 is 2.20 bits per heavy atom. The van der Waals surface area contributed by atoms with Crippen molar-refractivity contribution >= 4 is 5.91 Å². The molecule has 0 aromatic heterocycles. The van der Waals surface area contributed by atoms with Gasteiger partial charge in [0.25, 0.3) is 0 Å². The van der Waals surface area contributed by atoms with E-state index in [0.29, 0.717) is 11.9 Å². The zero-order valence-electron chi connectivity index (χ0n) is 12.1. The number of carbonyl (C=O) groups excluding carboxylic acids is 1. The van der Waals surface area contributed by atoms with Crippen molar-refractivity contribution in [1.29, 1.82) is 0 Å². The quantitative estimate of drug-likeness (QED) is 0.851. The molecule has 1 aromatic rings. The van der Waals surface area contributed by atoms with Crippen molar-refractivity contribution in [3.8, 4) is 0 Å². The summed E-state index contributed by atoms with van der Waals surface area (Å²) in [6.07, 6.45) is 4.46. The SMILES string of the molecule is CC1c2ccccc2CN1C(=O)[C@]12CCC[C@H]1NCC2. The fourth-order valence-electron chi connectivity index (χ4n) is 4.61. The second-order valence-electron chi connectivity index (χ2n) is 6.61. The molecule has 3 nitrogen and oxygen atoms in total. The molecule has 1 N–H and O–H groups in total. The molecule has 3 aliphatic rings. The van der Waals surface area contributed by atoms with Crippen LogP contribution in [0, 0.1) is 5.41 Å².